The molecule has 1 heterocycles. The fraction of sp³-hybridized carbons (Fsp3) is 0.857. The minimum Gasteiger partial charge on any atom is -0.281 e. The van der Waals surface area contributed by atoms with E-state index in [9.17, 15) is 0 Å². The van der Waals surface area contributed by atoms with Crippen molar-refractivity contribution in [3.63, 3.8) is 0 Å². The van der Waals surface area contributed by atoms with Crippen molar-refractivity contribution in [1.29, 1.82) is 0 Å². The Labute approximate surface area is 78.1 Å². The van der Waals surface area contributed by atoms with Crippen molar-refractivity contribution in [1.82, 2.24) is 0 Å². The van der Waals surface area contributed by atoms with Crippen LogP contribution in [0.2, 0.25) is 0 Å². The molecule has 0 aliphatic carbocycles. The van der Waals surface area contributed by atoms with Crippen LogP contribution in [0.4, 0.5) is 0 Å². The molecule has 0 radical (unpaired) electrons. The molecule has 4 heteroatoms. The molecule has 1 aliphatic rings. The molecule has 11 heavy (non-hydrogen) atoms. The maximum atomic E-state index is 5.31. The largest absolute Gasteiger partial charge is 0.281 e. The van der Waals surface area contributed by atoms with E-state index in [1.54, 1.807) is 0 Å². The molecular weight excluding hydrogens is 194 g/mol. The Morgan fingerprint density at radius 2 is 2.27 bits per heavy atom. The van der Waals surface area contributed by atoms with Gasteiger partial charge in [-0.1, -0.05) is 13.3 Å². The third-order valence-electron chi connectivity index (χ3n) is 1.75. The fourth-order valence-electron chi connectivity index (χ4n) is 1.07. The quantitative estimate of drug-likeness (QED) is 0.698. The third-order valence-corrected chi connectivity index (χ3v) is 5.68. The Hall–Kier alpha value is 0.460. The van der Waals surface area contributed by atoms with E-state index < -0.39 is 7.15 Å². The van der Waals surface area contributed by atoms with Crippen LogP contribution >= 0.6 is 0 Å². The van der Waals surface area contributed by atoms with Crippen molar-refractivity contribution in [2.75, 3.05) is 12.3 Å². The fourth-order valence-corrected chi connectivity index (χ4v) is 3.64. The lowest BCUT2D eigenvalue weighted by molar-refractivity contribution is 0.839. The molecule has 0 aromatic carbocycles. The van der Waals surface area contributed by atoms with Crippen molar-refractivity contribution in [3.8, 4) is 0 Å². The van der Waals surface area contributed by atoms with Crippen molar-refractivity contribution >= 4 is 34.6 Å². The first-order valence-corrected chi connectivity index (χ1v) is 7.58. The van der Waals surface area contributed by atoms with E-state index in [0.29, 0.717) is 0 Å². The number of unbranched alkanes of at least 4 members (excludes halogenated alkanes) is 1. The lowest BCUT2D eigenvalue weighted by Crippen LogP contribution is -2.09. The highest BCUT2D eigenvalue weighted by Gasteiger charge is 2.15. The Kier molecular flexibility index (Phi) is 3.40. The number of aliphatic imine (C=N–C) groups is 1. The number of rotatable bonds is 3. The molecule has 0 spiro atoms. The molecule has 0 unspecified atom stereocenters. The maximum absolute atomic E-state index is 5.31. The van der Waals surface area contributed by atoms with Crippen LogP contribution in [0.15, 0.2) is 4.99 Å². The van der Waals surface area contributed by atoms with Gasteiger partial charge in [-0.25, -0.2) is 0 Å². The van der Waals surface area contributed by atoms with Crippen molar-refractivity contribution in [3.05, 3.63) is 0 Å². The van der Waals surface area contributed by atoms with E-state index in [4.69, 9.17) is 22.4 Å². The van der Waals surface area contributed by atoms with Crippen LogP contribution in [0.3, 0.4) is 0 Å². The molecule has 1 nitrogen and oxygen atoms in total. The van der Waals surface area contributed by atoms with Gasteiger partial charge in [0.1, 0.15) is 0 Å². The molecule has 1 rings (SSSR count). The summed E-state index contributed by atoms with van der Waals surface area (Å²) in [5.74, 6) is 0.969. The van der Waals surface area contributed by atoms with Crippen LogP contribution in [0.1, 0.15) is 26.2 Å². The van der Waals surface area contributed by atoms with Crippen molar-refractivity contribution in [2.24, 2.45) is 4.99 Å². The first kappa shape index (κ1) is 9.55. The molecule has 0 saturated carbocycles. The topological polar surface area (TPSA) is 12.4 Å². The van der Waals surface area contributed by atoms with Gasteiger partial charge < -0.3 is 0 Å². The normalized spacial score (nSPS) is 21.7. The van der Waals surface area contributed by atoms with Gasteiger partial charge in [0.25, 0.3) is 0 Å². The van der Waals surface area contributed by atoms with E-state index >= 15 is 0 Å². The summed E-state index contributed by atoms with van der Waals surface area (Å²) in [4.78, 5) is 4.37. The lowest BCUT2D eigenvalue weighted by atomic mass is 10.3. The van der Waals surface area contributed by atoms with Gasteiger partial charge >= 0.3 is 0 Å². The Bertz CT molecular complexity index is 251. The van der Waals surface area contributed by atoms with Crippen LogP contribution in [-0.4, -0.2) is 17.3 Å². The number of hydrogen-bond donors (Lipinski definition) is 0. The summed E-state index contributed by atoms with van der Waals surface area (Å²) in [6.07, 6.45) is 3.46. The predicted molar refractivity (Wildman–Crippen MR) is 58.8 cm³/mol. The van der Waals surface area contributed by atoms with Crippen LogP contribution in [0, 0.1) is 0 Å². The summed E-state index contributed by atoms with van der Waals surface area (Å²) in [5.41, 5.74) is 0. The Balaban J connectivity index is 2.58. The molecule has 64 valence electrons. The van der Waals surface area contributed by atoms with Gasteiger partial charge in [-0.2, -0.15) is 0 Å². The average molecular weight is 207 g/mol. The Morgan fingerprint density at radius 1 is 1.55 bits per heavy atom. The number of hydrogen-bond acceptors (Lipinski definition) is 3. The van der Waals surface area contributed by atoms with Gasteiger partial charge in [-0.05, 0) is 42.4 Å². The highest BCUT2D eigenvalue weighted by atomic mass is 33.1. The van der Waals surface area contributed by atoms with E-state index in [1.807, 2.05) is 0 Å². The lowest BCUT2D eigenvalue weighted by Gasteiger charge is -2.03. The number of nitrogens with zero attached hydrogens (tertiary/aromatic N) is 1. The average Bonchev–Trinajstić information content (AvgIpc) is 2.25. The highest BCUT2D eigenvalue weighted by molar-refractivity contribution is 8.63. The molecule has 1 aliphatic heterocycles. The van der Waals surface area contributed by atoms with Crippen LogP contribution in [-0.2, 0) is 29.5 Å². The zero-order valence-electron chi connectivity index (χ0n) is 6.71. The minimum atomic E-state index is -1.24. The zero-order chi connectivity index (χ0) is 8.32. The van der Waals surface area contributed by atoms with Gasteiger partial charge in [0.15, 0.2) is 0 Å². The summed E-state index contributed by atoms with van der Waals surface area (Å²) in [5, 5.41) is 1.17. The monoisotopic (exact) mass is 207 g/mol. The van der Waals surface area contributed by atoms with E-state index in [-0.39, 0.29) is 0 Å². The summed E-state index contributed by atoms with van der Waals surface area (Å²) in [6.45, 7) is 3.07. The highest BCUT2D eigenvalue weighted by Crippen LogP contribution is 2.11. The summed E-state index contributed by atoms with van der Waals surface area (Å²) in [6, 6.07) is 0. The molecule has 0 aromatic rings. The predicted octanol–water partition coefficient (Wildman–Crippen LogP) is 1.67. The molecular formula is C7H13NS3. The standard InChI is InChI=1S/C7H13NS3/c1-2-3-4-7-8-5-6-11(7,9)10/h2-6H2,1H3. The zero-order valence-corrected chi connectivity index (χ0v) is 9.16. The first-order valence-electron chi connectivity index (χ1n) is 3.93. The third kappa shape index (κ3) is 2.46. The second-order valence-electron chi connectivity index (χ2n) is 2.70. The molecule has 0 saturated heterocycles. The smallest absolute Gasteiger partial charge is 0.0758 e. The van der Waals surface area contributed by atoms with Gasteiger partial charge in [0, 0.05) is 12.3 Å². The molecule has 0 aromatic heterocycles. The summed E-state index contributed by atoms with van der Waals surface area (Å²) < 4.78 is 0. The van der Waals surface area contributed by atoms with Gasteiger partial charge in [0.2, 0.25) is 0 Å². The van der Waals surface area contributed by atoms with Crippen molar-refractivity contribution in [2.45, 2.75) is 26.2 Å². The van der Waals surface area contributed by atoms with Crippen LogP contribution < -0.4 is 0 Å². The van der Waals surface area contributed by atoms with E-state index in [2.05, 4.69) is 11.9 Å². The maximum Gasteiger partial charge on any atom is 0.0758 e. The molecule has 0 N–H and O–H groups in total. The second kappa shape index (κ2) is 3.92. The molecule has 0 fully saturated rings. The minimum absolute atomic E-state index is 0.890. The molecule has 0 atom stereocenters. The van der Waals surface area contributed by atoms with Gasteiger partial charge in [0.05, 0.1) is 5.04 Å². The van der Waals surface area contributed by atoms with Crippen molar-refractivity contribution < 1.29 is 0 Å². The van der Waals surface area contributed by atoms with E-state index in [0.717, 1.165) is 18.7 Å². The Morgan fingerprint density at radius 3 is 2.73 bits per heavy atom. The first-order chi connectivity index (χ1) is 5.17. The van der Waals surface area contributed by atoms with Crippen LogP contribution in [0.25, 0.3) is 0 Å². The molecule has 0 amide bonds. The molecule has 0 bridgehead atoms. The SMILES string of the molecule is CCCCC1=NCCS1(=S)=S. The summed E-state index contributed by atoms with van der Waals surface area (Å²) in [7, 11) is -1.24. The second-order valence-corrected chi connectivity index (χ2v) is 8.85. The van der Waals surface area contributed by atoms with Gasteiger partial charge in [-0.15, -0.1) is 0 Å². The van der Waals surface area contributed by atoms with Crippen LogP contribution in [0.5, 0.6) is 0 Å². The van der Waals surface area contributed by atoms with E-state index in [1.165, 1.54) is 17.9 Å². The van der Waals surface area contributed by atoms with Gasteiger partial charge in [-0.3, -0.25) is 4.99 Å². The summed E-state index contributed by atoms with van der Waals surface area (Å²) >= 11 is 10.6.